The molecule has 1 saturated heterocycles. The molecule has 2 atom stereocenters. The van der Waals surface area contributed by atoms with Gasteiger partial charge in [0.1, 0.15) is 0 Å². The number of rotatable bonds is 3. The summed E-state index contributed by atoms with van der Waals surface area (Å²) in [6.45, 7) is 1.51. The molecule has 2 aromatic rings. The lowest BCUT2D eigenvalue weighted by molar-refractivity contribution is 0.0916. The number of likely N-dealkylation sites (tertiary alicyclic amines) is 1. The van der Waals surface area contributed by atoms with E-state index in [1.54, 1.807) is 30.3 Å². The van der Waals surface area contributed by atoms with Crippen LogP contribution < -0.4 is 0 Å². The summed E-state index contributed by atoms with van der Waals surface area (Å²) in [7, 11) is 2.02. The van der Waals surface area contributed by atoms with Crippen LogP contribution in [0, 0.1) is 5.92 Å². The summed E-state index contributed by atoms with van der Waals surface area (Å²) in [6.07, 6.45) is 0. The highest BCUT2D eigenvalue weighted by molar-refractivity contribution is 6.35. The van der Waals surface area contributed by atoms with Crippen LogP contribution in [0.5, 0.6) is 0 Å². The molecule has 0 aromatic heterocycles. The first-order valence-corrected chi connectivity index (χ1v) is 8.52. The van der Waals surface area contributed by atoms with E-state index < -0.39 is 0 Å². The van der Waals surface area contributed by atoms with E-state index >= 15 is 0 Å². The number of hydrogen-bond acceptors (Lipinski definition) is 2. The second-order valence-corrected chi connectivity index (χ2v) is 7.25. The molecule has 0 aliphatic carbocycles. The smallest absolute Gasteiger partial charge is 0.167 e. The van der Waals surface area contributed by atoms with Crippen molar-refractivity contribution in [2.24, 2.45) is 5.92 Å². The van der Waals surface area contributed by atoms with Crippen LogP contribution in [-0.4, -0.2) is 30.8 Å². The maximum atomic E-state index is 12.9. The highest BCUT2D eigenvalue weighted by Gasteiger charge is 2.38. The van der Waals surface area contributed by atoms with Gasteiger partial charge in [-0.1, -0.05) is 40.9 Å². The number of benzene rings is 2. The molecule has 1 heterocycles. The van der Waals surface area contributed by atoms with E-state index in [-0.39, 0.29) is 17.6 Å². The van der Waals surface area contributed by atoms with Gasteiger partial charge in [0.05, 0.1) is 0 Å². The highest BCUT2D eigenvalue weighted by Crippen LogP contribution is 2.38. The van der Waals surface area contributed by atoms with Gasteiger partial charge < -0.3 is 4.90 Å². The number of nitrogens with zero attached hydrogens (tertiary/aromatic N) is 1. The zero-order chi connectivity index (χ0) is 16.6. The zero-order valence-electron chi connectivity index (χ0n) is 12.6. The Bertz CT molecular complexity index is 730. The minimum Gasteiger partial charge on any atom is -0.305 e. The van der Waals surface area contributed by atoms with E-state index in [1.807, 2.05) is 19.2 Å². The SMILES string of the molecule is CN1C[C@H](c2ccc(Cl)cc2Cl)[C@H](C(=O)c2ccc(Cl)cc2)C1. The molecular weight excluding hydrogens is 353 g/mol. The van der Waals surface area contributed by atoms with Gasteiger partial charge in [-0.25, -0.2) is 0 Å². The molecule has 2 aromatic carbocycles. The summed E-state index contributed by atoms with van der Waals surface area (Å²) in [5.74, 6) is 0.0647. The molecule has 0 saturated carbocycles. The van der Waals surface area contributed by atoms with Crippen molar-refractivity contribution < 1.29 is 4.79 Å². The molecule has 0 unspecified atom stereocenters. The van der Waals surface area contributed by atoms with Gasteiger partial charge >= 0.3 is 0 Å². The fraction of sp³-hybridized carbons (Fsp3) is 0.278. The van der Waals surface area contributed by atoms with Crippen molar-refractivity contribution in [2.75, 3.05) is 20.1 Å². The van der Waals surface area contributed by atoms with Crippen molar-refractivity contribution in [1.82, 2.24) is 4.90 Å². The summed E-state index contributed by atoms with van der Waals surface area (Å²) in [4.78, 5) is 15.1. The number of Topliss-reactive ketones (excluding diaryl/α,β-unsaturated/α-hetero) is 1. The Kier molecular flexibility index (Phi) is 4.98. The third kappa shape index (κ3) is 3.56. The third-order valence-corrected chi connectivity index (χ3v) is 5.14. The van der Waals surface area contributed by atoms with E-state index in [1.165, 1.54) is 0 Å². The first-order chi connectivity index (χ1) is 11.0. The highest BCUT2D eigenvalue weighted by atomic mass is 35.5. The molecule has 5 heteroatoms. The average molecular weight is 369 g/mol. The minimum absolute atomic E-state index is 0.0629. The van der Waals surface area contributed by atoms with Crippen molar-refractivity contribution in [3.8, 4) is 0 Å². The molecule has 0 N–H and O–H groups in total. The lowest BCUT2D eigenvalue weighted by Gasteiger charge is -2.19. The molecule has 0 spiro atoms. The van der Waals surface area contributed by atoms with Gasteiger partial charge in [0, 0.05) is 45.6 Å². The third-order valence-electron chi connectivity index (χ3n) is 4.33. The number of ketones is 1. The van der Waals surface area contributed by atoms with Crippen LogP contribution >= 0.6 is 34.8 Å². The Labute approximate surface area is 151 Å². The molecule has 120 valence electrons. The summed E-state index contributed by atoms with van der Waals surface area (Å²) in [6, 6.07) is 12.5. The molecule has 3 rings (SSSR count). The normalized spacial score (nSPS) is 21.6. The van der Waals surface area contributed by atoms with Crippen molar-refractivity contribution in [3.63, 3.8) is 0 Å². The second kappa shape index (κ2) is 6.82. The maximum Gasteiger partial charge on any atom is 0.167 e. The Balaban J connectivity index is 1.93. The van der Waals surface area contributed by atoms with E-state index in [2.05, 4.69) is 4.90 Å². The van der Waals surface area contributed by atoms with Gasteiger partial charge in [-0.15, -0.1) is 0 Å². The van der Waals surface area contributed by atoms with Gasteiger partial charge in [0.15, 0.2) is 5.78 Å². The molecule has 0 amide bonds. The first-order valence-electron chi connectivity index (χ1n) is 7.39. The van der Waals surface area contributed by atoms with Gasteiger partial charge in [0.25, 0.3) is 0 Å². The van der Waals surface area contributed by atoms with E-state index in [0.717, 1.165) is 12.1 Å². The van der Waals surface area contributed by atoms with Crippen LogP contribution in [0.15, 0.2) is 42.5 Å². The number of halogens is 3. The predicted molar refractivity (Wildman–Crippen MR) is 96.0 cm³/mol. The molecule has 2 nitrogen and oxygen atoms in total. The van der Waals surface area contributed by atoms with Crippen molar-refractivity contribution in [3.05, 3.63) is 68.7 Å². The Morgan fingerprint density at radius 3 is 2.30 bits per heavy atom. The van der Waals surface area contributed by atoms with Crippen molar-refractivity contribution >= 4 is 40.6 Å². The quantitative estimate of drug-likeness (QED) is 0.696. The van der Waals surface area contributed by atoms with Crippen LogP contribution in [-0.2, 0) is 0 Å². The molecule has 23 heavy (non-hydrogen) atoms. The number of hydrogen-bond donors (Lipinski definition) is 0. The Morgan fingerprint density at radius 1 is 1.00 bits per heavy atom. The van der Waals surface area contributed by atoms with E-state index in [9.17, 15) is 4.79 Å². The monoisotopic (exact) mass is 367 g/mol. The van der Waals surface area contributed by atoms with Crippen LogP contribution in [0.2, 0.25) is 15.1 Å². The maximum absolute atomic E-state index is 12.9. The average Bonchev–Trinajstić information content (AvgIpc) is 2.89. The lowest BCUT2D eigenvalue weighted by Crippen LogP contribution is -2.22. The van der Waals surface area contributed by atoms with Crippen LogP contribution in [0.3, 0.4) is 0 Å². The second-order valence-electron chi connectivity index (χ2n) is 5.97. The summed E-state index contributed by atoms with van der Waals surface area (Å²) < 4.78 is 0. The van der Waals surface area contributed by atoms with Crippen LogP contribution in [0.1, 0.15) is 21.8 Å². The number of likely N-dealkylation sites (N-methyl/N-ethyl adjacent to an activating group) is 1. The summed E-state index contributed by atoms with van der Waals surface area (Å²) >= 11 is 18.3. The van der Waals surface area contributed by atoms with Gasteiger partial charge in [0.2, 0.25) is 0 Å². The molecule has 1 aliphatic rings. The lowest BCUT2D eigenvalue weighted by atomic mass is 9.84. The first kappa shape index (κ1) is 16.8. The molecule has 0 radical (unpaired) electrons. The predicted octanol–water partition coefficient (Wildman–Crippen LogP) is 5.17. The summed E-state index contributed by atoms with van der Waals surface area (Å²) in [5.41, 5.74) is 1.66. The van der Waals surface area contributed by atoms with Crippen LogP contribution in [0.25, 0.3) is 0 Å². The molecule has 1 fully saturated rings. The molecule has 0 bridgehead atoms. The summed E-state index contributed by atoms with van der Waals surface area (Å²) in [5, 5.41) is 1.85. The minimum atomic E-state index is -0.125. The van der Waals surface area contributed by atoms with Gasteiger partial charge in [-0.2, -0.15) is 0 Å². The number of carbonyl (C=O) groups excluding carboxylic acids is 1. The topological polar surface area (TPSA) is 20.3 Å². The number of carbonyl (C=O) groups is 1. The van der Waals surface area contributed by atoms with Gasteiger partial charge in [-0.3, -0.25) is 4.79 Å². The van der Waals surface area contributed by atoms with Crippen LogP contribution in [0.4, 0.5) is 0 Å². The fourth-order valence-corrected chi connectivity index (χ4v) is 3.89. The Hall–Kier alpha value is -1.06. The van der Waals surface area contributed by atoms with Gasteiger partial charge in [-0.05, 0) is 49.0 Å². The largest absolute Gasteiger partial charge is 0.305 e. The molecule has 1 aliphatic heterocycles. The van der Waals surface area contributed by atoms with Crippen molar-refractivity contribution in [2.45, 2.75) is 5.92 Å². The fourth-order valence-electron chi connectivity index (χ4n) is 3.21. The van der Waals surface area contributed by atoms with Crippen molar-refractivity contribution in [1.29, 1.82) is 0 Å². The standard InChI is InChI=1S/C18H16Cl3NO/c1-22-9-15(14-7-6-13(20)8-17(14)21)16(10-22)18(23)11-2-4-12(19)5-3-11/h2-8,15-16H,9-10H2,1H3/t15-,16-/m1/s1. The zero-order valence-corrected chi connectivity index (χ0v) is 14.9. The van der Waals surface area contributed by atoms with E-state index in [0.29, 0.717) is 27.2 Å². The molecular formula is C18H16Cl3NO. The Morgan fingerprint density at radius 2 is 1.65 bits per heavy atom. The van der Waals surface area contributed by atoms with E-state index in [4.69, 9.17) is 34.8 Å².